The molecule has 9 heteroatoms. The Hall–Kier alpha value is -2.55. The summed E-state index contributed by atoms with van der Waals surface area (Å²) in [5, 5.41) is 10.6. The topological polar surface area (TPSA) is 106 Å². The third-order valence-electron chi connectivity index (χ3n) is 4.26. The monoisotopic (exact) mass is 422 g/mol. The molecule has 1 aromatic carbocycles. The summed E-state index contributed by atoms with van der Waals surface area (Å²) in [7, 11) is -3.20. The van der Waals surface area contributed by atoms with Crippen molar-refractivity contribution in [1.29, 1.82) is 0 Å². The van der Waals surface area contributed by atoms with Crippen LogP contribution < -0.4 is 15.4 Å². The van der Waals surface area contributed by atoms with Crippen molar-refractivity contribution in [1.82, 2.24) is 15.8 Å². The fourth-order valence-electron chi connectivity index (χ4n) is 2.74. The zero-order chi connectivity index (χ0) is 21.3. The molecule has 0 aliphatic rings. The molecular weight excluding hydrogens is 392 g/mol. The van der Waals surface area contributed by atoms with Crippen molar-refractivity contribution in [3.8, 4) is 5.75 Å². The average Bonchev–Trinajstić information content (AvgIpc) is 3.11. The first-order valence-electron chi connectivity index (χ1n) is 9.80. The number of rotatable bonds is 10. The number of nitrogens with one attached hydrogen (secondary N) is 2. The Balaban J connectivity index is 1.89. The zero-order valence-corrected chi connectivity index (χ0v) is 18.3. The molecule has 29 heavy (non-hydrogen) atoms. The second-order valence-corrected chi connectivity index (χ2v) is 8.47. The Morgan fingerprint density at radius 2 is 1.86 bits per heavy atom. The van der Waals surface area contributed by atoms with Crippen molar-refractivity contribution in [3.63, 3.8) is 0 Å². The van der Waals surface area contributed by atoms with Gasteiger partial charge in [-0.1, -0.05) is 19.0 Å². The highest BCUT2D eigenvalue weighted by atomic mass is 32.2. The molecule has 0 saturated heterocycles. The Kier molecular flexibility index (Phi) is 8.50. The molecule has 160 valence electrons. The first-order valence-corrected chi connectivity index (χ1v) is 11.7. The number of hydrogen-bond donors (Lipinski definition) is 2. The SMILES string of the molecule is CCNC(=NCc1c(CC)noc1CC)NCCOc1ccc(S(C)(=O)=O)cc1. The largest absolute Gasteiger partial charge is 0.492 e. The summed E-state index contributed by atoms with van der Waals surface area (Å²) in [6.07, 6.45) is 2.78. The second kappa shape index (κ2) is 10.8. The van der Waals surface area contributed by atoms with E-state index >= 15 is 0 Å². The van der Waals surface area contributed by atoms with Crippen LogP contribution in [0.1, 0.15) is 37.8 Å². The van der Waals surface area contributed by atoms with Crippen LogP contribution in [-0.4, -0.2) is 45.5 Å². The molecule has 2 rings (SSSR count). The van der Waals surface area contributed by atoms with Crippen molar-refractivity contribution in [3.05, 3.63) is 41.3 Å². The van der Waals surface area contributed by atoms with E-state index in [-0.39, 0.29) is 4.90 Å². The van der Waals surface area contributed by atoms with Gasteiger partial charge in [0.15, 0.2) is 15.8 Å². The van der Waals surface area contributed by atoms with Gasteiger partial charge in [0.1, 0.15) is 18.1 Å². The lowest BCUT2D eigenvalue weighted by molar-refractivity contribution is 0.321. The van der Waals surface area contributed by atoms with E-state index in [9.17, 15) is 8.42 Å². The molecule has 0 fully saturated rings. The lowest BCUT2D eigenvalue weighted by Crippen LogP contribution is -2.39. The number of aliphatic imine (C=N–C) groups is 1. The van der Waals surface area contributed by atoms with E-state index in [1.54, 1.807) is 24.3 Å². The van der Waals surface area contributed by atoms with Crippen LogP contribution in [-0.2, 0) is 29.2 Å². The summed E-state index contributed by atoms with van der Waals surface area (Å²) in [4.78, 5) is 4.90. The third-order valence-corrected chi connectivity index (χ3v) is 5.39. The minimum absolute atomic E-state index is 0.274. The van der Waals surface area contributed by atoms with Gasteiger partial charge >= 0.3 is 0 Å². The van der Waals surface area contributed by atoms with Gasteiger partial charge in [0.25, 0.3) is 0 Å². The first-order chi connectivity index (χ1) is 13.9. The van der Waals surface area contributed by atoms with Crippen LogP contribution in [0.2, 0.25) is 0 Å². The molecule has 0 spiro atoms. The Labute approximate surface area is 172 Å². The highest BCUT2D eigenvalue weighted by molar-refractivity contribution is 7.90. The fourth-order valence-corrected chi connectivity index (χ4v) is 3.37. The van der Waals surface area contributed by atoms with Crippen molar-refractivity contribution >= 4 is 15.8 Å². The summed E-state index contributed by atoms with van der Waals surface area (Å²) in [6, 6.07) is 6.39. The predicted molar refractivity (Wildman–Crippen MR) is 113 cm³/mol. The number of nitrogens with zero attached hydrogens (tertiary/aromatic N) is 2. The maximum Gasteiger partial charge on any atom is 0.191 e. The van der Waals surface area contributed by atoms with Crippen LogP contribution in [0.3, 0.4) is 0 Å². The maximum atomic E-state index is 11.5. The zero-order valence-electron chi connectivity index (χ0n) is 17.5. The van der Waals surface area contributed by atoms with Crippen LogP contribution in [0.4, 0.5) is 0 Å². The molecule has 0 amide bonds. The van der Waals surface area contributed by atoms with Crippen LogP contribution in [0, 0.1) is 0 Å². The number of aromatic nitrogens is 1. The predicted octanol–water partition coefficient (Wildman–Crippen LogP) is 2.34. The van der Waals surface area contributed by atoms with Gasteiger partial charge in [0.05, 0.1) is 23.7 Å². The molecule has 0 bridgehead atoms. The van der Waals surface area contributed by atoms with Gasteiger partial charge in [-0.15, -0.1) is 0 Å². The molecule has 0 unspecified atom stereocenters. The summed E-state index contributed by atoms with van der Waals surface area (Å²) < 4.78 is 34.0. The quantitative estimate of drug-likeness (QED) is 0.344. The van der Waals surface area contributed by atoms with Gasteiger partial charge in [-0.3, -0.25) is 0 Å². The van der Waals surface area contributed by atoms with E-state index in [1.807, 2.05) is 20.8 Å². The Morgan fingerprint density at radius 3 is 2.45 bits per heavy atom. The normalized spacial score (nSPS) is 12.1. The van der Waals surface area contributed by atoms with Gasteiger partial charge in [0.2, 0.25) is 0 Å². The van der Waals surface area contributed by atoms with E-state index in [1.165, 1.54) is 6.26 Å². The van der Waals surface area contributed by atoms with Gasteiger partial charge < -0.3 is 19.9 Å². The van der Waals surface area contributed by atoms with E-state index in [0.29, 0.717) is 31.4 Å². The minimum Gasteiger partial charge on any atom is -0.492 e. The van der Waals surface area contributed by atoms with E-state index in [2.05, 4.69) is 20.8 Å². The highest BCUT2D eigenvalue weighted by Gasteiger charge is 2.13. The number of guanidine groups is 1. The lowest BCUT2D eigenvalue weighted by Gasteiger charge is -2.12. The number of sulfone groups is 1. The maximum absolute atomic E-state index is 11.5. The van der Waals surface area contributed by atoms with Gasteiger partial charge in [-0.25, -0.2) is 13.4 Å². The van der Waals surface area contributed by atoms with Crippen LogP contribution in [0.5, 0.6) is 5.75 Å². The highest BCUT2D eigenvalue weighted by Crippen LogP contribution is 2.17. The molecule has 1 aromatic heterocycles. The van der Waals surface area contributed by atoms with Crippen molar-refractivity contribution < 1.29 is 17.7 Å². The first kappa shape index (κ1) is 22.7. The fraction of sp³-hybridized carbons (Fsp3) is 0.500. The van der Waals surface area contributed by atoms with Gasteiger partial charge in [0, 0.05) is 24.8 Å². The average molecular weight is 423 g/mol. The molecule has 0 atom stereocenters. The number of benzene rings is 1. The molecular formula is C20H30N4O4S. The Bertz CT molecular complexity index is 884. The smallest absolute Gasteiger partial charge is 0.191 e. The molecule has 2 aromatic rings. The molecule has 8 nitrogen and oxygen atoms in total. The van der Waals surface area contributed by atoms with Crippen molar-refractivity contribution in [2.24, 2.45) is 4.99 Å². The standard InChI is InChI=1S/C20H30N4O4S/c1-5-18-17(19(6-2)28-24-18)14-23-20(21-7-3)22-12-13-27-15-8-10-16(11-9-15)29(4,25)26/h8-11H,5-7,12-14H2,1-4H3,(H2,21,22,23). The van der Waals surface area contributed by atoms with Crippen LogP contribution in [0.25, 0.3) is 0 Å². The van der Waals surface area contributed by atoms with E-state index < -0.39 is 9.84 Å². The van der Waals surface area contributed by atoms with Gasteiger partial charge in [-0.2, -0.15) is 0 Å². The second-order valence-electron chi connectivity index (χ2n) is 6.45. The van der Waals surface area contributed by atoms with Crippen molar-refractivity contribution in [2.75, 3.05) is 26.0 Å². The number of hydrogen-bond acceptors (Lipinski definition) is 6. The number of ether oxygens (including phenoxy) is 1. The molecule has 0 aliphatic carbocycles. The molecule has 2 N–H and O–H groups in total. The summed E-state index contributed by atoms with van der Waals surface area (Å²) in [5.41, 5.74) is 2.00. The molecule has 0 saturated carbocycles. The summed E-state index contributed by atoms with van der Waals surface area (Å²) >= 11 is 0. The van der Waals surface area contributed by atoms with Gasteiger partial charge in [-0.05, 0) is 37.6 Å². The van der Waals surface area contributed by atoms with Crippen LogP contribution >= 0.6 is 0 Å². The van der Waals surface area contributed by atoms with Crippen LogP contribution in [0.15, 0.2) is 38.7 Å². The molecule has 0 aliphatic heterocycles. The lowest BCUT2D eigenvalue weighted by atomic mass is 10.1. The molecule has 0 radical (unpaired) electrons. The third kappa shape index (κ3) is 6.77. The van der Waals surface area contributed by atoms with Crippen molar-refractivity contribution in [2.45, 2.75) is 45.1 Å². The molecule has 1 heterocycles. The van der Waals surface area contributed by atoms with E-state index in [4.69, 9.17) is 9.26 Å². The Morgan fingerprint density at radius 1 is 1.14 bits per heavy atom. The summed E-state index contributed by atoms with van der Waals surface area (Å²) in [5.74, 6) is 2.18. The number of aryl methyl sites for hydroxylation is 2. The van der Waals surface area contributed by atoms with E-state index in [0.717, 1.165) is 36.4 Å². The minimum atomic E-state index is -3.20. The summed E-state index contributed by atoms with van der Waals surface area (Å²) in [6.45, 7) is 8.29.